The fourth-order valence-corrected chi connectivity index (χ4v) is 2.97. The van der Waals surface area contributed by atoms with E-state index in [-0.39, 0.29) is 18.3 Å². The third-order valence-electron chi connectivity index (χ3n) is 4.23. The predicted molar refractivity (Wildman–Crippen MR) is 97.9 cm³/mol. The zero-order valence-electron chi connectivity index (χ0n) is 15.8. The van der Waals surface area contributed by atoms with Gasteiger partial charge in [-0.1, -0.05) is 0 Å². The van der Waals surface area contributed by atoms with Crippen molar-refractivity contribution in [2.24, 2.45) is 0 Å². The van der Waals surface area contributed by atoms with Gasteiger partial charge < -0.3 is 19.9 Å². The Kier molecular flexibility index (Phi) is 5.84. The van der Waals surface area contributed by atoms with E-state index in [1.807, 2.05) is 15.6 Å². The summed E-state index contributed by atoms with van der Waals surface area (Å²) in [6.07, 6.45) is 2.07. The molecule has 9 nitrogen and oxygen atoms in total. The first-order valence-corrected chi connectivity index (χ1v) is 8.74. The zero-order valence-corrected chi connectivity index (χ0v) is 15.8. The highest BCUT2D eigenvalue weighted by Gasteiger charge is 2.20. The molecule has 3 heterocycles. The molecule has 146 valence electrons. The second-order valence-corrected chi connectivity index (χ2v) is 6.57. The minimum Gasteiger partial charge on any atom is -0.375 e. The summed E-state index contributed by atoms with van der Waals surface area (Å²) in [5, 5.41) is 7.32. The van der Waals surface area contributed by atoms with E-state index >= 15 is 0 Å². The number of fused-ring (bicyclic) bond motifs is 1. The van der Waals surface area contributed by atoms with Crippen LogP contribution < -0.4 is 15.1 Å². The lowest BCUT2D eigenvalue weighted by molar-refractivity contribution is -0.124. The smallest absolute Gasteiger partial charge is 0.246 e. The van der Waals surface area contributed by atoms with Crippen LogP contribution in [0.4, 0.5) is 16.2 Å². The van der Waals surface area contributed by atoms with Crippen LogP contribution in [0.2, 0.25) is 0 Å². The van der Waals surface area contributed by atoms with Crippen LogP contribution in [0.15, 0.2) is 12.3 Å². The topological polar surface area (TPSA) is 88.4 Å². The van der Waals surface area contributed by atoms with E-state index in [0.29, 0.717) is 19.0 Å². The summed E-state index contributed by atoms with van der Waals surface area (Å²) in [4.78, 5) is 23.7. The maximum Gasteiger partial charge on any atom is 0.246 e. The highest BCUT2D eigenvalue weighted by atomic mass is 19.1. The molecular formula is C17H24FN7O2. The van der Waals surface area contributed by atoms with E-state index in [9.17, 15) is 9.18 Å². The van der Waals surface area contributed by atoms with Crippen LogP contribution in [-0.4, -0.2) is 60.0 Å². The number of carbonyl (C=O) groups excluding carboxylic acids is 1. The second kappa shape index (κ2) is 8.30. The van der Waals surface area contributed by atoms with Crippen molar-refractivity contribution in [2.75, 3.05) is 44.2 Å². The van der Waals surface area contributed by atoms with Crippen molar-refractivity contribution < 1.29 is 13.9 Å². The fraction of sp³-hybridized carbons (Fsp3) is 0.529. The molecule has 0 fully saturated rings. The number of rotatable bonds is 6. The standard InChI is InChI=1S/C17H24FN7O2/c1-23(2)16-14(18)9-20-17(21-16)24-5-4-6-25-13(10-24)7-12(22-25)8-19-15(26)11-27-3/h7,9H,4-6,8,10-11H2,1-3H3,(H,19,26). The third-order valence-corrected chi connectivity index (χ3v) is 4.23. The van der Waals surface area contributed by atoms with Crippen molar-refractivity contribution in [3.63, 3.8) is 0 Å². The summed E-state index contributed by atoms with van der Waals surface area (Å²) in [5.74, 6) is 0.125. The Morgan fingerprint density at radius 3 is 2.96 bits per heavy atom. The molecule has 2 aromatic heterocycles. The Morgan fingerprint density at radius 2 is 2.22 bits per heavy atom. The van der Waals surface area contributed by atoms with Gasteiger partial charge in [0.25, 0.3) is 0 Å². The molecule has 0 spiro atoms. The molecule has 0 unspecified atom stereocenters. The van der Waals surface area contributed by atoms with Gasteiger partial charge in [-0.3, -0.25) is 9.48 Å². The van der Waals surface area contributed by atoms with Crippen LogP contribution in [0.25, 0.3) is 0 Å². The number of nitrogens with one attached hydrogen (secondary N) is 1. The first-order chi connectivity index (χ1) is 13.0. The van der Waals surface area contributed by atoms with Gasteiger partial charge in [0.15, 0.2) is 11.6 Å². The number of ether oxygens (including phenoxy) is 1. The third kappa shape index (κ3) is 4.51. The van der Waals surface area contributed by atoms with Crippen LogP contribution in [0.1, 0.15) is 17.8 Å². The van der Waals surface area contributed by atoms with Gasteiger partial charge in [0.05, 0.1) is 30.7 Å². The fourth-order valence-electron chi connectivity index (χ4n) is 2.97. The number of methoxy groups -OCH3 is 1. The number of carbonyl (C=O) groups is 1. The van der Waals surface area contributed by atoms with Crippen molar-refractivity contribution in [1.82, 2.24) is 25.1 Å². The zero-order chi connectivity index (χ0) is 19.4. The van der Waals surface area contributed by atoms with Crippen LogP contribution in [0.3, 0.4) is 0 Å². The van der Waals surface area contributed by atoms with Crippen LogP contribution in [0.5, 0.6) is 0 Å². The quantitative estimate of drug-likeness (QED) is 0.786. The molecule has 0 atom stereocenters. The van der Waals surface area contributed by atoms with Gasteiger partial charge in [-0.2, -0.15) is 10.1 Å². The lowest BCUT2D eigenvalue weighted by atomic mass is 10.3. The Morgan fingerprint density at radius 1 is 1.41 bits per heavy atom. The number of amides is 1. The van der Waals surface area contributed by atoms with Crippen molar-refractivity contribution in [2.45, 2.75) is 26.1 Å². The average Bonchev–Trinajstić information content (AvgIpc) is 2.91. The molecule has 1 aliphatic rings. The second-order valence-electron chi connectivity index (χ2n) is 6.57. The van der Waals surface area contributed by atoms with Crippen molar-refractivity contribution in [1.29, 1.82) is 0 Å². The molecule has 1 N–H and O–H groups in total. The predicted octanol–water partition coefficient (Wildman–Crippen LogP) is 0.551. The summed E-state index contributed by atoms with van der Waals surface area (Å²) in [7, 11) is 4.97. The minimum absolute atomic E-state index is 0.0253. The largest absolute Gasteiger partial charge is 0.375 e. The molecule has 1 aliphatic heterocycles. The highest BCUT2D eigenvalue weighted by Crippen LogP contribution is 2.21. The number of nitrogens with zero attached hydrogens (tertiary/aromatic N) is 6. The molecular weight excluding hydrogens is 353 g/mol. The number of hydrogen-bond acceptors (Lipinski definition) is 7. The molecule has 2 aromatic rings. The molecule has 0 aliphatic carbocycles. The molecule has 10 heteroatoms. The van der Waals surface area contributed by atoms with Gasteiger partial charge in [0, 0.05) is 34.3 Å². The van der Waals surface area contributed by atoms with Gasteiger partial charge in [0.1, 0.15) is 6.61 Å². The van der Waals surface area contributed by atoms with Gasteiger partial charge in [-0.05, 0) is 12.5 Å². The normalized spacial score (nSPS) is 13.9. The summed E-state index contributed by atoms with van der Waals surface area (Å²) in [6.45, 7) is 2.45. The van der Waals surface area contributed by atoms with Gasteiger partial charge in [-0.15, -0.1) is 0 Å². The molecule has 0 saturated carbocycles. The monoisotopic (exact) mass is 377 g/mol. The van der Waals surface area contributed by atoms with Crippen molar-refractivity contribution in [3.8, 4) is 0 Å². The first-order valence-electron chi connectivity index (χ1n) is 8.74. The van der Waals surface area contributed by atoms with E-state index < -0.39 is 5.82 Å². The SMILES string of the molecule is COCC(=O)NCc1cc2n(n1)CCCN(c1ncc(F)c(N(C)C)n1)C2. The molecule has 0 radical (unpaired) electrons. The van der Waals surface area contributed by atoms with E-state index in [1.165, 1.54) is 13.3 Å². The maximum atomic E-state index is 13.9. The molecule has 1 amide bonds. The Hall–Kier alpha value is -2.75. The highest BCUT2D eigenvalue weighted by molar-refractivity contribution is 5.77. The minimum atomic E-state index is -0.447. The summed E-state index contributed by atoms with van der Waals surface area (Å²) >= 11 is 0. The number of hydrogen-bond donors (Lipinski definition) is 1. The van der Waals surface area contributed by atoms with Crippen LogP contribution in [-0.2, 0) is 29.2 Å². The van der Waals surface area contributed by atoms with Gasteiger partial charge in [-0.25, -0.2) is 9.37 Å². The molecule has 0 aromatic carbocycles. The summed E-state index contributed by atoms with van der Waals surface area (Å²) in [6, 6.07) is 1.96. The van der Waals surface area contributed by atoms with Gasteiger partial charge >= 0.3 is 0 Å². The molecule has 0 bridgehead atoms. The van der Waals surface area contributed by atoms with E-state index in [4.69, 9.17) is 4.74 Å². The van der Waals surface area contributed by atoms with E-state index in [0.717, 1.165) is 30.9 Å². The van der Waals surface area contributed by atoms with Gasteiger partial charge in [0.2, 0.25) is 11.9 Å². The molecule has 27 heavy (non-hydrogen) atoms. The van der Waals surface area contributed by atoms with Crippen molar-refractivity contribution >= 4 is 17.7 Å². The number of aromatic nitrogens is 4. The lowest BCUT2D eigenvalue weighted by Gasteiger charge is -2.21. The number of halogens is 1. The van der Waals surface area contributed by atoms with E-state index in [1.54, 1.807) is 19.0 Å². The summed E-state index contributed by atoms with van der Waals surface area (Å²) < 4.78 is 20.6. The van der Waals surface area contributed by atoms with E-state index in [2.05, 4.69) is 20.4 Å². The maximum absolute atomic E-state index is 13.9. The van der Waals surface area contributed by atoms with Crippen LogP contribution >= 0.6 is 0 Å². The summed E-state index contributed by atoms with van der Waals surface area (Å²) in [5.41, 5.74) is 1.79. The average molecular weight is 377 g/mol. The Balaban J connectivity index is 1.74. The Labute approximate surface area is 157 Å². The Bertz CT molecular complexity index is 809. The molecule has 3 rings (SSSR count). The number of aryl methyl sites for hydroxylation is 1. The van der Waals surface area contributed by atoms with Crippen molar-refractivity contribution in [3.05, 3.63) is 29.5 Å². The lowest BCUT2D eigenvalue weighted by Crippen LogP contribution is -2.27. The number of anilines is 2. The molecule has 0 saturated heterocycles. The first kappa shape index (κ1) is 19.0. The van der Waals surface area contributed by atoms with Crippen LogP contribution in [0, 0.1) is 5.82 Å².